The largest absolute Gasteiger partial charge is 0.308 e. The number of nitrogens with zero attached hydrogens (tertiary/aromatic N) is 1. The minimum Gasteiger partial charge on any atom is -0.308 e. The van der Waals surface area contributed by atoms with E-state index in [2.05, 4.69) is 10.7 Å². The average Bonchev–Trinajstić information content (AvgIpc) is 3.19. The molecule has 3 aromatic rings. The lowest BCUT2D eigenvalue weighted by molar-refractivity contribution is 0.639. The first-order chi connectivity index (χ1) is 10.3. The minimum atomic E-state index is -0.178. The van der Waals surface area contributed by atoms with E-state index >= 15 is 0 Å². The van der Waals surface area contributed by atoms with Crippen LogP contribution in [-0.2, 0) is 0 Å². The van der Waals surface area contributed by atoms with Crippen molar-refractivity contribution in [2.24, 2.45) is 0 Å². The van der Waals surface area contributed by atoms with Gasteiger partial charge in [-0.25, -0.2) is 9.37 Å². The molecule has 21 heavy (non-hydrogen) atoms. The maximum Gasteiger partial charge on any atom is 0.131 e. The van der Waals surface area contributed by atoms with Crippen LogP contribution in [0.5, 0.6) is 0 Å². The monoisotopic (exact) mass is 298 g/mol. The lowest BCUT2D eigenvalue weighted by atomic mass is 10.0. The van der Waals surface area contributed by atoms with E-state index in [1.54, 1.807) is 11.3 Å². The van der Waals surface area contributed by atoms with Gasteiger partial charge < -0.3 is 5.32 Å². The summed E-state index contributed by atoms with van der Waals surface area (Å²) in [5, 5.41) is 8.27. The number of hydrogen-bond donors (Lipinski definition) is 1. The summed E-state index contributed by atoms with van der Waals surface area (Å²) in [4.78, 5) is 4.78. The zero-order chi connectivity index (χ0) is 14.2. The molecule has 1 atom stereocenters. The van der Waals surface area contributed by atoms with Crippen LogP contribution in [0.25, 0.3) is 22.0 Å². The van der Waals surface area contributed by atoms with Crippen LogP contribution in [0.4, 0.5) is 4.39 Å². The Morgan fingerprint density at radius 3 is 2.81 bits per heavy atom. The Bertz CT molecular complexity index is 790. The van der Waals surface area contributed by atoms with E-state index in [4.69, 9.17) is 4.98 Å². The molecule has 1 saturated heterocycles. The van der Waals surface area contributed by atoms with Crippen LogP contribution < -0.4 is 5.32 Å². The van der Waals surface area contributed by atoms with Crippen molar-refractivity contribution in [2.45, 2.75) is 18.9 Å². The Balaban J connectivity index is 1.81. The molecular formula is C17H15FN2S. The second kappa shape index (κ2) is 5.20. The highest BCUT2D eigenvalue weighted by Gasteiger charge is 2.20. The van der Waals surface area contributed by atoms with E-state index in [9.17, 15) is 4.39 Å². The lowest BCUT2D eigenvalue weighted by Gasteiger charge is -2.06. The Hall–Kier alpha value is -1.78. The van der Waals surface area contributed by atoms with E-state index in [1.807, 2.05) is 30.3 Å². The predicted octanol–water partition coefficient (Wildman–Crippen LogP) is 4.53. The molecule has 1 fully saturated rings. The third-order valence-corrected chi connectivity index (χ3v) is 4.99. The molecule has 0 spiro atoms. The van der Waals surface area contributed by atoms with Gasteiger partial charge in [-0.3, -0.25) is 0 Å². The number of benzene rings is 2. The molecule has 0 aliphatic carbocycles. The smallest absolute Gasteiger partial charge is 0.131 e. The zero-order valence-corrected chi connectivity index (χ0v) is 12.3. The van der Waals surface area contributed by atoms with Crippen LogP contribution in [0.1, 0.15) is 23.9 Å². The topological polar surface area (TPSA) is 24.9 Å². The Morgan fingerprint density at radius 1 is 1.14 bits per heavy atom. The highest BCUT2D eigenvalue weighted by molar-refractivity contribution is 7.10. The molecule has 1 aromatic heterocycles. The number of thiazole rings is 1. The van der Waals surface area contributed by atoms with Gasteiger partial charge in [-0.2, -0.15) is 0 Å². The van der Waals surface area contributed by atoms with Gasteiger partial charge in [0.05, 0.1) is 11.7 Å². The first-order valence-electron chi connectivity index (χ1n) is 7.19. The summed E-state index contributed by atoms with van der Waals surface area (Å²) in [7, 11) is 0. The van der Waals surface area contributed by atoms with Gasteiger partial charge in [-0.1, -0.05) is 24.3 Å². The highest BCUT2D eigenvalue weighted by atomic mass is 32.1. The lowest BCUT2D eigenvalue weighted by Crippen LogP contribution is -2.12. The first kappa shape index (κ1) is 12.9. The van der Waals surface area contributed by atoms with E-state index < -0.39 is 0 Å². The Kier molecular flexibility index (Phi) is 3.20. The third-order valence-electron chi connectivity index (χ3n) is 4.03. The molecule has 1 N–H and O–H groups in total. The summed E-state index contributed by atoms with van der Waals surface area (Å²) in [6.07, 6.45) is 2.36. The second-order valence-corrected chi connectivity index (χ2v) is 6.25. The van der Waals surface area contributed by atoms with Crippen LogP contribution in [0.15, 0.2) is 41.8 Å². The van der Waals surface area contributed by atoms with Crippen molar-refractivity contribution in [3.05, 3.63) is 52.6 Å². The highest BCUT2D eigenvalue weighted by Crippen LogP contribution is 2.33. The summed E-state index contributed by atoms with van der Waals surface area (Å²) in [6.45, 7) is 1.07. The summed E-state index contributed by atoms with van der Waals surface area (Å²) < 4.78 is 13.9. The standard InChI is InChI=1S/C17H15FN2S/c18-14-8-7-13(11-4-1-2-5-12(11)14)16-10-21-17(20-16)15-6-3-9-19-15/h1-2,4-5,7-8,10,15,19H,3,6,9H2. The van der Waals surface area contributed by atoms with Crippen molar-refractivity contribution < 1.29 is 4.39 Å². The van der Waals surface area contributed by atoms with Crippen molar-refractivity contribution in [3.8, 4) is 11.3 Å². The van der Waals surface area contributed by atoms with Crippen molar-refractivity contribution in [1.82, 2.24) is 10.3 Å². The first-order valence-corrected chi connectivity index (χ1v) is 8.07. The van der Waals surface area contributed by atoms with E-state index in [-0.39, 0.29) is 5.82 Å². The number of nitrogens with one attached hydrogen (secondary N) is 1. The molecule has 2 aromatic carbocycles. The zero-order valence-electron chi connectivity index (χ0n) is 11.5. The molecule has 0 radical (unpaired) electrons. The summed E-state index contributed by atoms with van der Waals surface area (Å²) >= 11 is 1.69. The maximum absolute atomic E-state index is 13.9. The number of aromatic nitrogens is 1. The van der Waals surface area contributed by atoms with Crippen molar-refractivity contribution in [3.63, 3.8) is 0 Å². The second-order valence-electron chi connectivity index (χ2n) is 5.36. The maximum atomic E-state index is 13.9. The molecule has 106 valence electrons. The number of halogens is 1. The van der Waals surface area contributed by atoms with Crippen LogP contribution in [0.3, 0.4) is 0 Å². The molecule has 0 amide bonds. The molecule has 1 aliphatic heterocycles. The molecule has 4 rings (SSSR count). The third kappa shape index (κ3) is 2.24. The van der Waals surface area contributed by atoms with Crippen LogP contribution >= 0.6 is 11.3 Å². The summed E-state index contributed by atoms with van der Waals surface area (Å²) in [5.74, 6) is -0.178. The van der Waals surface area contributed by atoms with Gasteiger partial charge in [0, 0.05) is 16.3 Å². The van der Waals surface area contributed by atoms with E-state index in [1.165, 1.54) is 12.5 Å². The normalized spacial score (nSPS) is 18.4. The van der Waals surface area contributed by atoms with Gasteiger partial charge >= 0.3 is 0 Å². The molecule has 1 aliphatic rings. The molecule has 0 bridgehead atoms. The fourth-order valence-electron chi connectivity index (χ4n) is 2.95. The fourth-order valence-corrected chi connectivity index (χ4v) is 3.88. The van der Waals surface area contributed by atoms with Crippen molar-refractivity contribution in [2.75, 3.05) is 6.54 Å². The summed E-state index contributed by atoms with van der Waals surface area (Å²) in [5.41, 5.74) is 1.95. The van der Waals surface area contributed by atoms with Gasteiger partial charge in [0.15, 0.2) is 0 Å². The van der Waals surface area contributed by atoms with Crippen LogP contribution in [0, 0.1) is 5.82 Å². The predicted molar refractivity (Wildman–Crippen MR) is 85.0 cm³/mol. The van der Waals surface area contributed by atoms with Gasteiger partial charge in [-0.05, 0) is 36.9 Å². The van der Waals surface area contributed by atoms with Gasteiger partial charge in [0.1, 0.15) is 10.8 Å². The van der Waals surface area contributed by atoms with E-state index in [0.29, 0.717) is 11.4 Å². The van der Waals surface area contributed by atoms with Crippen LogP contribution in [-0.4, -0.2) is 11.5 Å². The quantitative estimate of drug-likeness (QED) is 0.752. The van der Waals surface area contributed by atoms with Crippen molar-refractivity contribution >= 4 is 22.1 Å². The fraction of sp³-hybridized carbons (Fsp3) is 0.235. The van der Waals surface area contributed by atoms with Gasteiger partial charge in [-0.15, -0.1) is 11.3 Å². The van der Waals surface area contributed by atoms with E-state index in [0.717, 1.165) is 34.6 Å². The minimum absolute atomic E-state index is 0.178. The van der Waals surface area contributed by atoms with Gasteiger partial charge in [0.25, 0.3) is 0 Å². The number of rotatable bonds is 2. The number of fused-ring (bicyclic) bond motifs is 1. The SMILES string of the molecule is Fc1ccc(-c2csc(C3CCCN3)n2)c2ccccc12. The summed E-state index contributed by atoms with van der Waals surface area (Å²) in [6, 6.07) is 11.3. The molecular weight excluding hydrogens is 283 g/mol. The Labute approximate surface area is 126 Å². The molecule has 4 heteroatoms. The van der Waals surface area contributed by atoms with Crippen LogP contribution in [0.2, 0.25) is 0 Å². The molecule has 0 saturated carbocycles. The molecule has 1 unspecified atom stereocenters. The number of hydrogen-bond acceptors (Lipinski definition) is 3. The Morgan fingerprint density at radius 2 is 2.00 bits per heavy atom. The molecule has 2 heterocycles. The van der Waals surface area contributed by atoms with Gasteiger partial charge in [0.2, 0.25) is 0 Å². The molecule has 2 nitrogen and oxygen atoms in total. The van der Waals surface area contributed by atoms with Crippen molar-refractivity contribution in [1.29, 1.82) is 0 Å². The average molecular weight is 298 g/mol.